The highest BCUT2D eigenvalue weighted by molar-refractivity contribution is 8.00. The number of Topliss-reactive ketones (excluding diaryl/α,β-unsaturated/α-hetero) is 1. The number of aryl methyl sites for hydroxylation is 2. The van der Waals surface area contributed by atoms with Crippen LogP contribution >= 0.6 is 11.8 Å². The van der Waals surface area contributed by atoms with Crippen molar-refractivity contribution in [2.45, 2.75) is 18.7 Å². The lowest BCUT2D eigenvalue weighted by Crippen LogP contribution is -2.05. The van der Waals surface area contributed by atoms with E-state index in [2.05, 4.69) is 0 Å². The van der Waals surface area contributed by atoms with Crippen molar-refractivity contribution >= 4 is 17.5 Å². The summed E-state index contributed by atoms with van der Waals surface area (Å²) in [5.74, 6) is -1.18. The number of carbonyl (C=O) groups excluding carboxylic acids is 1. The van der Waals surface area contributed by atoms with E-state index in [1.807, 2.05) is 32.0 Å². The smallest absolute Gasteiger partial charge is 0.173 e. The molecule has 0 amide bonds. The summed E-state index contributed by atoms with van der Waals surface area (Å²) < 4.78 is 26.3. The van der Waals surface area contributed by atoms with Crippen LogP contribution in [-0.4, -0.2) is 11.5 Å². The molecule has 0 saturated carbocycles. The predicted molar refractivity (Wildman–Crippen MR) is 77.3 cm³/mol. The lowest BCUT2D eigenvalue weighted by molar-refractivity contribution is 0.102. The standard InChI is InChI=1S/C16H14F2OS/c1-10-3-4-11(2)13(7-10)15(19)9-20-16-6-5-12(17)8-14(16)18/h3-8H,9H2,1-2H3. The van der Waals surface area contributed by atoms with Crippen molar-refractivity contribution < 1.29 is 13.6 Å². The number of thioether (sulfide) groups is 1. The molecule has 0 aromatic heterocycles. The fourth-order valence-corrected chi connectivity index (χ4v) is 2.65. The van der Waals surface area contributed by atoms with Crippen LogP contribution in [0.3, 0.4) is 0 Å². The number of rotatable bonds is 4. The van der Waals surface area contributed by atoms with Crippen molar-refractivity contribution in [1.29, 1.82) is 0 Å². The van der Waals surface area contributed by atoms with Gasteiger partial charge in [-0.2, -0.15) is 0 Å². The van der Waals surface area contributed by atoms with Gasteiger partial charge in [0, 0.05) is 16.5 Å². The Morgan fingerprint density at radius 2 is 1.85 bits per heavy atom. The molecule has 0 unspecified atom stereocenters. The molecule has 0 bridgehead atoms. The molecule has 20 heavy (non-hydrogen) atoms. The Hall–Kier alpha value is -1.68. The summed E-state index contributed by atoms with van der Waals surface area (Å²) in [6.07, 6.45) is 0. The first kappa shape index (κ1) is 14.7. The monoisotopic (exact) mass is 292 g/mol. The molecule has 0 aliphatic rings. The topological polar surface area (TPSA) is 17.1 Å². The van der Waals surface area contributed by atoms with E-state index in [0.717, 1.165) is 29.0 Å². The van der Waals surface area contributed by atoms with Crippen LogP contribution in [0.1, 0.15) is 21.5 Å². The average molecular weight is 292 g/mol. The maximum atomic E-state index is 13.5. The third kappa shape index (κ3) is 3.45. The number of ketones is 1. The van der Waals surface area contributed by atoms with Crippen LogP contribution < -0.4 is 0 Å². The molecular formula is C16H14F2OS. The number of hydrogen-bond acceptors (Lipinski definition) is 2. The van der Waals surface area contributed by atoms with Gasteiger partial charge < -0.3 is 0 Å². The van der Waals surface area contributed by atoms with Crippen molar-refractivity contribution in [3.8, 4) is 0 Å². The first-order valence-electron chi connectivity index (χ1n) is 6.15. The van der Waals surface area contributed by atoms with Crippen LogP contribution in [0.25, 0.3) is 0 Å². The van der Waals surface area contributed by atoms with Gasteiger partial charge in [-0.15, -0.1) is 11.8 Å². The number of carbonyl (C=O) groups is 1. The minimum absolute atomic E-state index is 0.0556. The van der Waals surface area contributed by atoms with Gasteiger partial charge in [-0.05, 0) is 37.6 Å². The van der Waals surface area contributed by atoms with E-state index < -0.39 is 11.6 Å². The molecule has 0 saturated heterocycles. The summed E-state index contributed by atoms with van der Waals surface area (Å²) in [6.45, 7) is 3.79. The van der Waals surface area contributed by atoms with Crippen LogP contribution in [-0.2, 0) is 0 Å². The highest BCUT2D eigenvalue weighted by atomic mass is 32.2. The SMILES string of the molecule is Cc1ccc(C)c(C(=O)CSc2ccc(F)cc2F)c1. The lowest BCUT2D eigenvalue weighted by Gasteiger charge is -2.07. The Labute approximate surface area is 121 Å². The van der Waals surface area contributed by atoms with Crippen molar-refractivity contribution in [3.63, 3.8) is 0 Å². The molecule has 2 aromatic carbocycles. The van der Waals surface area contributed by atoms with Crippen LogP contribution in [0.4, 0.5) is 8.78 Å². The van der Waals surface area contributed by atoms with Crippen LogP contribution in [0.15, 0.2) is 41.3 Å². The third-order valence-corrected chi connectivity index (χ3v) is 3.99. The fourth-order valence-electron chi connectivity index (χ4n) is 1.85. The molecule has 0 fully saturated rings. The van der Waals surface area contributed by atoms with Gasteiger partial charge in [0.15, 0.2) is 5.78 Å². The number of halogens is 2. The second kappa shape index (κ2) is 6.18. The van der Waals surface area contributed by atoms with Gasteiger partial charge in [0.05, 0.1) is 5.75 Å². The van der Waals surface area contributed by atoms with E-state index in [1.54, 1.807) is 0 Å². The number of hydrogen-bond donors (Lipinski definition) is 0. The molecule has 0 atom stereocenters. The molecule has 104 valence electrons. The van der Waals surface area contributed by atoms with Gasteiger partial charge in [-0.1, -0.05) is 17.7 Å². The van der Waals surface area contributed by atoms with E-state index in [-0.39, 0.29) is 16.4 Å². The van der Waals surface area contributed by atoms with E-state index in [9.17, 15) is 13.6 Å². The Balaban J connectivity index is 2.10. The molecule has 0 N–H and O–H groups in total. The maximum absolute atomic E-state index is 13.5. The second-order valence-electron chi connectivity index (χ2n) is 4.60. The maximum Gasteiger partial charge on any atom is 0.173 e. The van der Waals surface area contributed by atoms with E-state index in [0.29, 0.717) is 5.56 Å². The summed E-state index contributed by atoms with van der Waals surface area (Å²) in [5, 5.41) is 0. The molecule has 0 heterocycles. The van der Waals surface area contributed by atoms with Crippen LogP contribution in [0.5, 0.6) is 0 Å². The zero-order valence-electron chi connectivity index (χ0n) is 11.2. The van der Waals surface area contributed by atoms with Crippen molar-refractivity contribution in [2.75, 3.05) is 5.75 Å². The summed E-state index contributed by atoms with van der Waals surface area (Å²) in [4.78, 5) is 12.4. The lowest BCUT2D eigenvalue weighted by atomic mass is 10.0. The molecular weight excluding hydrogens is 278 g/mol. The summed E-state index contributed by atoms with van der Waals surface area (Å²) in [6, 6.07) is 9.04. The van der Waals surface area contributed by atoms with Gasteiger partial charge in [0.2, 0.25) is 0 Å². The van der Waals surface area contributed by atoms with E-state index >= 15 is 0 Å². The molecule has 0 aliphatic carbocycles. The van der Waals surface area contributed by atoms with Crippen molar-refractivity contribution in [2.24, 2.45) is 0 Å². The van der Waals surface area contributed by atoms with E-state index in [4.69, 9.17) is 0 Å². The molecule has 0 spiro atoms. The minimum Gasteiger partial charge on any atom is -0.293 e. The fraction of sp³-hybridized carbons (Fsp3) is 0.188. The second-order valence-corrected chi connectivity index (χ2v) is 5.62. The molecule has 2 rings (SSSR count). The summed E-state index contributed by atoms with van der Waals surface area (Å²) in [5.41, 5.74) is 2.57. The zero-order chi connectivity index (χ0) is 14.7. The molecule has 2 aromatic rings. The van der Waals surface area contributed by atoms with Gasteiger partial charge in [-0.3, -0.25) is 4.79 Å². The normalized spacial score (nSPS) is 10.6. The minimum atomic E-state index is -0.635. The van der Waals surface area contributed by atoms with Gasteiger partial charge in [0.25, 0.3) is 0 Å². The summed E-state index contributed by atoms with van der Waals surface area (Å²) in [7, 11) is 0. The largest absolute Gasteiger partial charge is 0.293 e. The van der Waals surface area contributed by atoms with Crippen LogP contribution in [0, 0.1) is 25.5 Å². The van der Waals surface area contributed by atoms with Gasteiger partial charge >= 0.3 is 0 Å². The summed E-state index contributed by atoms with van der Waals surface area (Å²) >= 11 is 1.08. The first-order chi connectivity index (χ1) is 9.47. The van der Waals surface area contributed by atoms with Crippen LogP contribution in [0.2, 0.25) is 0 Å². The highest BCUT2D eigenvalue weighted by Crippen LogP contribution is 2.24. The average Bonchev–Trinajstić information content (AvgIpc) is 2.40. The van der Waals surface area contributed by atoms with Gasteiger partial charge in [0.1, 0.15) is 11.6 Å². The Morgan fingerprint density at radius 1 is 1.10 bits per heavy atom. The molecule has 1 nitrogen and oxygen atoms in total. The Bertz CT molecular complexity index is 653. The molecule has 0 radical (unpaired) electrons. The van der Waals surface area contributed by atoms with Crippen molar-refractivity contribution in [3.05, 3.63) is 64.7 Å². The molecule has 0 aliphatic heterocycles. The van der Waals surface area contributed by atoms with Gasteiger partial charge in [-0.25, -0.2) is 8.78 Å². The third-order valence-electron chi connectivity index (χ3n) is 2.95. The van der Waals surface area contributed by atoms with E-state index in [1.165, 1.54) is 12.1 Å². The quantitative estimate of drug-likeness (QED) is 0.607. The molecule has 4 heteroatoms. The van der Waals surface area contributed by atoms with Crippen molar-refractivity contribution in [1.82, 2.24) is 0 Å². The Kier molecular flexibility index (Phi) is 4.55. The first-order valence-corrected chi connectivity index (χ1v) is 7.14. The predicted octanol–water partition coefficient (Wildman–Crippen LogP) is 4.56. The zero-order valence-corrected chi connectivity index (χ0v) is 12.1. The highest BCUT2D eigenvalue weighted by Gasteiger charge is 2.12. The number of benzene rings is 2. The Morgan fingerprint density at radius 3 is 2.55 bits per heavy atom.